The van der Waals surface area contributed by atoms with Gasteiger partial charge in [-0.2, -0.15) is 0 Å². The van der Waals surface area contributed by atoms with Crippen molar-refractivity contribution in [3.05, 3.63) is 24.3 Å². The molecule has 2 atom stereocenters. The van der Waals surface area contributed by atoms with E-state index in [1.54, 1.807) is 7.11 Å². The normalized spacial score (nSPS) is 26.3. The lowest BCUT2D eigenvalue weighted by atomic mass is 9.70. The topological polar surface area (TPSA) is 32.7 Å². The second-order valence-electron chi connectivity index (χ2n) is 6.42. The van der Waals surface area contributed by atoms with Crippen LogP contribution in [0.15, 0.2) is 24.3 Å². The monoisotopic (exact) mass is 277 g/mol. The molecule has 0 bridgehead atoms. The van der Waals surface area contributed by atoms with Gasteiger partial charge in [-0.3, -0.25) is 0 Å². The van der Waals surface area contributed by atoms with E-state index in [2.05, 4.69) is 31.0 Å². The predicted molar refractivity (Wildman–Crippen MR) is 83.4 cm³/mol. The maximum absolute atomic E-state index is 9.90. The second kappa shape index (κ2) is 6.49. The molecule has 3 nitrogen and oxygen atoms in total. The van der Waals surface area contributed by atoms with Gasteiger partial charge >= 0.3 is 0 Å². The van der Waals surface area contributed by atoms with Gasteiger partial charge in [-0.05, 0) is 30.9 Å². The summed E-state index contributed by atoms with van der Waals surface area (Å²) in [6, 6.07) is 8.12. The highest BCUT2D eigenvalue weighted by molar-refractivity contribution is 5.50. The number of benzene rings is 1. The van der Waals surface area contributed by atoms with E-state index >= 15 is 0 Å². The van der Waals surface area contributed by atoms with Gasteiger partial charge in [-0.1, -0.05) is 25.8 Å². The molecular formula is C17H27NO2. The number of aliphatic hydroxyl groups is 1. The summed E-state index contributed by atoms with van der Waals surface area (Å²) < 4.78 is 5.29. The maximum atomic E-state index is 9.90. The predicted octanol–water partition coefficient (Wildman–Crippen LogP) is 3.32. The molecule has 1 aliphatic rings. The minimum Gasteiger partial charge on any atom is -0.497 e. The number of anilines is 1. The van der Waals surface area contributed by atoms with Crippen molar-refractivity contribution in [2.24, 2.45) is 11.3 Å². The Kier molecular flexibility index (Phi) is 4.92. The van der Waals surface area contributed by atoms with Crippen LogP contribution in [0.5, 0.6) is 5.75 Å². The van der Waals surface area contributed by atoms with Gasteiger partial charge in [0.25, 0.3) is 0 Å². The van der Waals surface area contributed by atoms with Crippen molar-refractivity contribution in [3.8, 4) is 5.75 Å². The molecule has 2 rings (SSSR count). The SMILES string of the molecule is COc1cccc(N(C)CC2(CO)CCCC(C)C2)c1. The van der Waals surface area contributed by atoms with Crippen LogP contribution in [0.25, 0.3) is 0 Å². The average Bonchev–Trinajstić information content (AvgIpc) is 2.47. The maximum Gasteiger partial charge on any atom is 0.120 e. The third-order valence-corrected chi connectivity index (χ3v) is 4.59. The lowest BCUT2D eigenvalue weighted by molar-refractivity contribution is 0.0676. The third-order valence-electron chi connectivity index (χ3n) is 4.59. The zero-order valence-corrected chi connectivity index (χ0v) is 12.9. The number of hydrogen-bond acceptors (Lipinski definition) is 3. The van der Waals surface area contributed by atoms with Crippen LogP contribution in [-0.4, -0.2) is 32.4 Å². The zero-order chi connectivity index (χ0) is 14.6. The summed E-state index contributed by atoms with van der Waals surface area (Å²) >= 11 is 0. The molecular weight excluding hydrogens is 250 g/mol. The number of methoxy groups -OCH3 is 1. The van der Waals surface area contributed by atoms with Gasteiger partial charge < -0.3 is 14.7 Å². The summed E-state index contributed by atoms with van der Waals surface area (Å²) in [4.78, 5) is 2.25. The highest BCUT2D eigenvalue weighted by Gasteiger charge is 2.35. The minimum absolute atomic E-state index is 0.0511. The number of nitrogens with zero attached hydrogens (tertiary/aromatic N) is 1. The lowest BCUT2D eigenvalue weighted by Gasteiger charge is -2.41. The molecule has 1 N–H and O–H groups in total. The van der Waals surface area contributed by atoms with Crippen molar-refractivity contribution < 1.29 is 9.84 Å². The van der Waals surface area contributed by atoms with E-state index in [1.807, 2.05) is 12.1 Å². The summed E-state index contributed by atoms with van der Waals surface area (Å²) in [5.74, 6) is 1.60. The van der Waals surface area contributed by atoms with E-state index < -0.39 is 0 Å². The summed E-state index contributed by atoms with van der Waals surface area (Å²) in [5, 5.41) is 9.90. The van der Waals surface area contributed by atoms with E-state index in [9.17, 15) is 5.11 Å². The van der Waals surface area contributed by atoms with E-state index in [-0.39, 0.29) is 12.0 Å². The fraction of sp³-hybridized carbons (Fsp3) is 0.647. The molecule has 2 unspecified atom stereocenters. The molecule has 1 saturated carbocycles. The molecule has 0 radical (unpaired) electrons. The Hall–Kier alpha value is -1.22. The third kappa shape index (κ3) is 3.45. The number of rotatable bonds is 5. The van der Waals surface area contributed by atoms with Crippen LogP contribution < -0.4 is 9.64 Å². The highest BCUT2D eigenvalue weighted by Crippen LogP contribution is 2.40. The van der Waals surface area contributed by atoms with Crippen molar-refractivity contribution in [1.82, 2.24) is 0 Å². The molecule has 1 aromatic rings. The van der Waals surface area contributed by atoms with Gasteiger partial charge in [0, 0.05) is 30.8 Å². The standard InChI is InChI=1S/C17H27NO2/c1-14-6-5-9-17(11-14,13-19)12-18(2)15-7-4-8-16(10-15)20-3/h4,7-8,10,14,19H,5-6,9,11-13H2,1-3H3. The molecule has 112 valence electrons. The Morgan fingerprint density at radius 3 is 2.90 bits per heavy atom. The molecule has 0 aliphatic heterocycles. The van der Waals surface area contributed by atoms with E-state index in [4.69, 9.17) is 4.74 Å². The van der Waals surface area contributed by atoms with Crippen LogP contribution in [0.1, 0.15) is 32.6 Å². The van der Waals surface area contributed by atoms with Gasteiger partial charge in [-0.15, -0.1) is 0 Å². The molecule has 0 aromatic heterocycles. The number of hydrogen-bond donors (Lipinski definition) is 1. The van der Waals surface area contributed by atoms with Crippen molar-refractivity contribution in [1.29, 1.82) is 0 Å². The summed E-state index contributed by atoms with van der Waals surface area (Å²) in [6.07, 6.45) is 4.78. The van der Waals surface area contributed by atoms with Gasteiger partial charge in [0.1, 0.15) is 5.75 Å². The quantitative estimate of drug-likeness (QED) is 0.896. The van der Waals surface area contributed by atoms with Crippen molar-refractivity contribution in [3.63, 3.8) is 0 Å². The average molecular weight is 277 g/mol. The van der Waals surface area contributed by atoms with Gasteiger partial charge in [0.2, 0.25) is 0 Å². The first kappa shape index (κ1) is 15.2. The van der Waals surface area contributed by atoms with Crippen LogP contribution >= 0.6 is 0 Å². The van der Waals surface area contributed by atoms with Gasteiger partial charge in [0.15, 0.2) is 0 Å². The first-order valence-electron chi connectivity index (χ1n) is 7.55. The second-order valence-corrected chi connectivity index (χ2v) is 6.42. The van der Waals surface area contributed by atoms with Crippen molar-refractivity contribution in [2.75, 3.05) is 32.2 Å². The molecule has 0 amide bonds. The summed E-state index contributed by atoms with van der Waals surface area (Å²) in [5.41, 5.74) is 1.20. The molecule has 1 aromatic carbocycles. The van der Waals surface area contributed by atoms with Crippen molar-refractivity contribution >= 4 is 5.69 Å². The molecule has 20 heavy (non-hydrogen) atoms. The highest BCUT2D eigenvalue weighted by atomic mass is 16.5. The van der Waals surface area contributed by atoms with E-state index in [0.29, 0.717) is 0 Å². The molecule has 1 fully saturated rings. The Labute approximate surface area is 122 Å². The fourth-order valence-corrected chi connectivity index (χ4v) is 3.55. The van der Waals surface area contributed by atoms with Crippen LogP contribution in [-0.2, 0) is 0 Å². The number of ether oxygens (including phenoxy) is 1. The fourth-order valence-electron chi connectivity index (χ4n) is 3.55. The smallest absolute Gasteiger partial charge is 0.120 e. The molecule has 0 spiro atoms. The van der Waals surface area contributed by atoms with Crippen molar-refractivity contribution in [2.45, 2.75) is 32.6 Å². The molecule has 0 heterocycles. The Morgan fingerprint density at radius 2 is 2.25 bits per heavy atom. The van der Waals surface area contributed by atoms with E-state index in [1.165, 1.54) is 12.8 Å². The first-order chi connectivity index (χ1) is 9.58. The minimum atomic E-state index is 0.0511. The Morgan fingerprint density at radius 1 is 1.45 bits per heavy atom. The summed E-state index contributed by atoms with van der Waals surface area (Å²) in [6.45, 7) is 3.49. The molecule has 0 saturated heterocycles. The Bertz CT molecular complexity index is 435. The van der Waals surface area contributed by atoms with Crippen LogP contribution in [0.4, 0.5) is 5.69 Å². The van der Waals surface area contributed by atoms with Gasteiger partial charge in [-0.25, -0.2) is 0 Å². The zero-order valence-electron chi connectivity index (χ0n) is 12.9. The number of aliphatic hydroxyl groups excluding tert-OH is 1. The molecule has 1 aliphatic carbocycles. The van der Waals surface area contributed by atoms with Gasteiger partial charge in [0.05, 0.1) is 13.7 Å². The van der Waals surface area contributed by atoms with Crippen LogP contribution in [0.3, 0.4) is 0 Å². The largest absolute Gasteiger partial charge is 0.497 e. The Balaban J connectivity index is 2.10. The van der Waals surface area contributed by atoms with E-state index in [0.717, 1.165) is 36.7 Å². The first-order valence-corrected chi connectivity index (χ1v) is 7.55. The lowest BCUT2D eigenvalue weighted by Crippen LogP contribution is -2.41. The van der Waals surface area contributed by atoms with Crippen LogP contribution in [0, 0.1) is 11.3 Å². The summed E-state index contributed by atoms with van der Waals surface area (Å²) in [7, 11) is 3.79. The van der Waals surface area contributed by atoms with Crippen LogP contribution in [0.2, 0.25) is 0 Å². The molecule has 3 heteroatoms.